The summed E-state index contributed by atoms with van der Waals surface area (Å²) >= 11 is 1.70. The van der Waals surface area contributed by atoms with E-state index in [-0.39, 0.29) is 17.0 Å². The maximum Gasteiger partial charge on any atom is 0.332 e. The van der Waals surface area contributed by atoms with Crippen LogP contribution in [0.4, 0.5) is 5.82 Å². The molecule has 0 bridgehead atoms. The van der Waals surface area contributed by atoms with Gasteiger partial charge in [-0.1, -0.05) is 18.2 Å². The number of rotatable bonds is 8. The first-order valence-corrected chi connectivity index (χ1v) is 12.4. The van der Waals surface area contributed by atoms with Crippen LogP contribution >= 0.6 is 11.8 Å². The second kappa shape index (κ2) is 10.8. The van der Waals surface area contributed by atoms with E-state index in [1.807, 2.05) is 30.3 Å². The molecule has 1 saturated heterocycles. The van der Waals surface area contributed by atoms with Gasteiger partial charge in [-0.05, 0) is 43.0 Å². The first kappa shape index (κ1) is 24.0. The standard InChI is InChI=1S/C25H29N5O3S/c1-27-22(18-23(31)28(2)25(27)33)30-15-13-29(14-16-30)12-7-17-34-21-10-4-3-8-19(21)24(32)20-9-5-6-11-26-20/h3-6,8-11,18H,7,12-17H2,1-2H3. The zero-order chi connectivity index (χ0) is 24.1. The molecule has 0 spiro atoms. The third kappa shape index (κ3) is 5.31. The van der Waals surface area contributed by atoms with Gasteiger partial charge in [0, 0.05) is 63.0 Å². The molecule has 0 N–H and O–H groups in total. The summed E-state index contributed by atoms with van der Waals surface area (Å²) in [7, 11) is 3.20. The first-order valence-electron chi connectivity index (χ1n) is 11.4. The summed E-state index contributed by atoms with van der Waals surface area (Å²) in [6, 6.07) is 14.6. The Hall–Kier alpha value is -3.17. The van der Waals surface area contributed by atoms with Crippen molar-refractivity contribution in [2.24, 2.45) is 14.1 Å². The van der Waals surface area contributed by atoms with E-state index in [4.69, 9.17) is 0 Å². The molecule has 34 heavy (non-hydrogen) atoms. The molecule has 3 aromatic rings. The van der Waals surface area contributed by atoms with E-state index >= 15 is 0 Å². The minimum absolute atomic E-state index is 0.0510. The van der Waals surface area contributed by atoms with Crippen LogP contribution in [-0.2, 0) is 14.1 Å². The quantitative estimate of drug-likeness (QED) is 0.278. The van der Waals surface area contributed by atoms with Gasteiger partial charge < -0.3 is 4.90 Å². The molecular weight excluding hydrogens is 450 g/mol. The molecule has 0 saturated carbocycles. The molecule has 1 aliphatic heterocycles. The molecule has 8 nitrogen and oxygen atoms in total. The minimum atomic E-state index is -0.302. The summed E-state index contributed by atoms with van der Waals surface area (Å²) in [6.07, 6.45) is 2.64. The van der Waals surface area contributed by atoms with Crippen LogP contribution in [0.15, 0.2) is 69.2 Å². The van der Waals surface area contributed by atoms with Crippen molar-refractivity contribution in [1.82, 2.24) is 19.0 Å². The van der Waals surface area contributed by atoms with Gasteiger partial charge in [0.25, 0.3) is 5.56 Å². The van der Waals surface area contributed by atoms with Gasteiger partial charge in [-0.25, -0.2) is 4.79 Å². The van der Waals surface area contributed by atoms with E-state index in [0.717, 1.165) is 54.4 Å². The summed E-state index contributed by atoms with van der Waals surface area (Å²) < 4.78 is 2.66. The van der Waals surface area contributed by atoms with E-state index in [1.54, 1.807) is 37.1 Å². The van der Waals surface area contributed by atoms with Crippen molar-refractivity contribution in [3.8, 4) is 0 Å². The highest BCUT2D eigenvalue weighted by Crippen LogP contribution is 2.25. The van der Waals surface area contributed by atoms with Crippen molar-refractivity contribution in [1.29, 1.82) is 0 Å². The van der Waals surface area contributed by atoms with Crippen LogP contribution in [0.3, 0.4) is 0 Å². The van der Waals surface area contributed by atoms with Gasteiger partial charge in [0.2, 0.25) is 5.78 Å². The molecule has 178 valence electrons. The third-order valence-corrected chi connectivity index (χ3v) is 7.26. The zero-order valence-corrected chi connectivity index (χ0v) is 20.3. The van der Waals surface area contributed by atoms with Gasteiger partial charge in [0.1, 0.15) is 11.5 Å². The van der Waals surface area contributed by atoms with Crippen molar-refractivity contribution >= 4 is 23.4 Å². The van der Waals surface area contributed by atoms with Gasteiger partial charge >= 0.3 is 5.69 Å². The summed E-state index contributed by atoms with van der Waals surface area (Å²) in [5, 5.41) is 0. The number of aromatic nitrogens is 3. The Labute approximate surface area is 202 Å². The number of hydrogen-bond donors (Lipinski definition) is 0. The average molecular weight is 480 g/mol. The smallest absolute Gasteiger partial charge is 0.332 e. The molecule has 1 fully saturated rings. The van der Waals surface area contributed by atoms with Crippen LogP contribution in [0.1, 0.15) is 22.5 Å². The lowest BCUT2D eigenvalue weighted by Gasteiger charge is -2.36. The van der Waals surface area contributed by atoms with Crippen molar-refractivity contribution in [2.45, 2.75) is 11.3 Å². The number of piperazine rings is 1. The van der Waals surface area contributed by atoms with Crippen LogP contribution in [-0.4, -0.2) is 63.3 Å². The van der Waals surface area contributed by atoms with Crippen LogP contribution in [0.2, 0.25) is 0 Å². The van der Waals surface area contributed by atoms with Crippen molar-refractivity contribution in [2.75, 3.05) is 43.4 Å². The van der Waals surface area contributed by atoms with Crippen LogP contribution in [0.5, 0.6) is 0 Å². The molecular formula is C25H29N5O3S. The monoisotopic (exact) mass is 479 g/mol. The van der Waals surface area contributed by atoms with Gasteiger partial charge in [0.05, 0.1) is 0 Å². The highest BCUT2D eigenvalue weighted by Gasteiger charge is 2.20. The Morgan fingerprint density at radius 1 is 0.971 bits per heavy atom. The fraction of sp³-hybridized carbons (Fsp3) is 0.360. The summed E-state index contributed by atoms with van der Waals surface area (Å²) in [6.45, 7) is 4.27. The Morgan fingerprint density at radius 3 is 2.44 bits per heavy atom. The lowest BCUT2D eigenvalue weighted by atomic mass is 10.1. The average Bonchev–Trinajstić information content (AvgIpc) is 2.88. The molecule has 0 amide bonds. The summed E-state index contributed by atoms with van der Waals surface area (Å²) in [5.41, 5.74) is 0.574. The number of anilines is 1. The van der Waals surface area contributed by atoms with Gasteiger partial charge in [-0.2, -0.15) is 0 Å². The van der Waals surface area contributed by atoms with E-state index < -0.39 is 0 Å². The second-order valence-corrected chi connectivity index (χ2v) is 9.45. The highest BCUT2D eigenvalue weighted by atomic mass is 32.2. The van der Waals surface area contributed by atoms with E-state index in [2.05, 4.69) is 14.8 Å². The maximum absolute atomic E-state index is 12.8. The van der Waals surface area contributed by atoms with Gasteiger partial charge in [0.15, 0.2) is 0 Å². The Morgan fingerprint density at radius 2 is 1.71 bits per heavy atom. The number of benzene rings is 1. The Balaban J connectivity index is 1.28. The summed E-state index contributed by atoms with van der Waals surface area (Å²) in [5.74, 6) is 1.54. The van der Waals surface area contributed by atoms with E-state index in [9.17, 15) is 14.4 Å². The predicted molar refractivity (Wildman–Crippen MR) is 135 cm³/mol. The highest BCUT2D eigenvalue weighted by molar-refractivity contribution is 7.99. The number of carbonyl (C=O) groups excluding carboxylic acids is 1. The number of thioether (sulfide) groups is 1. The van der Waals surface area contributed by atoms with E-state index in [0.29, 0.717) is 17.1 Å². The normalized spacial score (nSPS) is 14.4. The Kier molecular flexibility index (Phi) is 7.64. The van der Waals surface area contributed by atoms with Crippen molar-refractivity contribution in [3.05, 3.63) is 86.8 Å². The molecule has 0 atom stereocenters. The minimum Gasteiger partial charge on any atom is -0.355 e. The molecule has 2 aromatic heterocycles. The van der Waals surface area contributed by atoms with Crippen molar-refractivity contribution in [3.63, 3.8) is 0 Å². The van der Waals surface area contributed by atoms with Gasteiger partial charge in [-0.3, -0.25) is 28.6 Å². The maximum atomic E-state index is 12.8. The topological polar surface area (TPSA) is 80.4 Å². The number of nitrogens with zero attached hydrogens (tertiary/aromatic N) is 5. The molecule has 3 heterocycles. The largest absolute Gasteiger partial charge is 0.355 e. The number of hydrogen-bond acceptors (Lipinski definition) is 7. The molecule has 0 aliphatic carbocycles. The number of ketones is 1. The van der Waals surface area contributed by atoms with E-state index in [1.165, 1.54) is 17.7 Å². The fourth-order valence-electron chi connectivity index (χ4n) is 4.11. The molecule has 4 rings (SSSR count). The first-order chi connectivity index (χ1) is 16.5. The van der Waals surface area contributed by atoms with Crippen LogP contribution in [0, 0.1) is 0 Å². The van der Waals surface area contributed by atoms with Gasteiger partial charge in [-0.15, -0.1) is 11.8 Å². The number of carbonyl (C=O) groups is 1. The SMILES string of the molecule is Cn1c(N2CCN(CCCSc3ccccc3C(=O)c3ccccn3)CC2)cc(=O)n(C)c1=O. The molecule has 0 radical (unpaired) electrons. The fourth-order valence-corrected chi connectivity index (χ4v) is 5.10. The van der Waals surface area contributed by atoms with Crippen LogP contribution in [0.25, 0.3) is 0 Å². The Bertz CT molecular complexity index is 1260. The molecule has 0 unspecified atom stereocenters. The molecule has 9 heteroatoms. The second-order valence-electron chi connectivity index (χ2n) is 8.31. The molecule has 1 aliphatic rings. The zero-order valence-electron chi connectivity index (χ0n) is 19.5. The lowest BCUT2D eigenvalue weighted by molar-refractivity contribution is 0.103. The van der Waals surface area contributed by atoms with Crippen LogP contribution < -0.4 is 16.1 Å². The third-order valence-electron chi connectivity index (χ3n) is 6.10. The van der Waals surface area contributed by atoms with Crippen molar-refractivity contribution < 1.29 is 4.79 Å². The molecule has 1 aromatic carbocycles. The summed E-state index contributed by atoms with van der Waals surface area (Å²) in [4.78, 5) is 46.8. The lowest BCUT2D eigenvalue weighted by Crippen LogP contribution is -2.49. The number of pyridine rings is 1. The predicted octanol–water partition coefficient (Wildman–Crippen LogP) is 2.01.